The molecular weight excluding hydrogens is 420 g/mol. The van der Waals surface area contributed by atoms with Crippen LogP contribution >= 0.6 is 11.3 Å². The first-order chi connectivity index (χ1) is 15.6. The van der Waals surface area contributed by atoms with E-state index in [4.69, 9.17) is 4.74 Å². The summed E-state index contributed by atoms with van der Waals surface area (Å²) in [6.45, 7) is 3.33. The Morgan fingerprint density at radius 1 is 1.00 bits per heavy atom. The molecule has 3 aromatic rings. The number of para-hydroxylation sites is 1. The lowest BCUT2D eigenvalue weighted by Crippen LogP contribution is -2.41. The molecule has 166 valence electrons. The molecule has 0 spiro atoms. The summed E-state index contributed by atoms with van der Waals surface area (Å²) in [4.78, 5) is 28.9. The van der Waals surface area contributed by atoms with E-state index in [0.29, 0.717) is 24.8 Å². The highest BCUT2D eigenvalue weighted by molar-refractivity contribution is 7.13. The molecule has 1 aliphatic rings. The molecule has 32 heavy (non-hydrogen) atoms. The van der Waals surface area contributed by atoms with Crippen LogP contribution in [0, 0.1) is 12.8 Å². The van der Waals surface area contributed by atoms with Gasteiger partial charge in [0.25, 0.3) is 5.91 Å². The Bertz CT molecular complexity index is 1030. The number of rotatable bonds is 6. The third-order valence-electron chi connectivity index (χ3n) is 5.86. The predicted octanol–water partition coefficient (Wildman–Crippen LogP) is 5.83. The van der Waals surface area contributed by atoms with Crippen molar-refractivity contribution >= 4 is 23.3 Å². The van der Waals surface area contributed by atoms with E-state index >= 15 is 0 Å². The van der Waals surface area contributed by atoms with Gasteiger partial charge in [-0.25, -0.2) is 4.79 Å². The molecule has 1 aliphatic heterocycles. The van der Waals surface area contributed by atoms with Crippen molar-refractivity contribution in [2.45, 2.75) is 32.2 Å². The molecule has 4 rings (SSSR count). The van der Waals surface area contributed by atoms with Crippen molar-refractivity contribution in [2.24, 2.45) is 5.92 Å². The average Bonchev–Trinajstić information content (AvgIpc) is 3.27. The summed E-state index contributed by atoms with van der Waals surface area (Å²) in [5.74, 6) is 0.961. The first-order valence-corrected chi connectivity index (χ1v) is 11.8. The van der Waals surface area contributed by atoms with E-state index in [1.165, 1.54) is 11.3 Å². The molecule has 0 radical (unpaired) electrons. The molecular formula is C26H28N2O3S. The Kier molecular flexibility index (Phi) is 7.22. The number of benzene rings is 2. The van der Waals surface area contributed by atoms with Crippen LogP contribution in [-0.4, -0.2) is 30.0 Å². The second-order valence-electron chi connectivity index (χ2n) is 8.19. The fraction of sp³-hybridized carbons (Fsp3) is 0.308. The van der Waals surface area contributed by atoms with Gasteiger partial charge in [-0.05, 0) is 61.9 Å². The highest BCUT2D eigenvalue weighted by Gasteiger charge is 2.27. The lowest BCUT2D eigenvalue weighted by molar-refractivity contribution is 0.0927. The summed E-state index contributed by atoms with van der Waals surface area (Å²) in [6, 6.07) is 23.1. The van der Waals surface area contributed by atoms with Crippen LogP contribution in [-0.2, 0) is 0 Å². The Labute approximate surface area is 193 Å². The highest BCUT2D eigenvalue weighted by atomic mass is 32.1. The molecule has 0 saturated carbocycles. The molecule has 1 atom stereocenters. The minimum Gasteiger partial charge on any atom is -0.410 e. The van der Waals surface area contributed by atoms with Crippen molar-refractivity contribution in [1.82, 2.24) is 10.2 Å². The molecule has 2 amide bonds. The van der Waals surface area contributed by atoms with Crippen molar-refractivity contribution in [3.63, 3.8) is 0 Å². The highest BCUT2D eigenvalue weighted by Crippen LogP contribution is 2.29. The Balaban J connectivity index is 1.35. The summed E-state index contributed by atoms with van der Waals surface area (Å²) in [5, 5.41) is 3.24. The molecule has 1 unspecified atom stereocenters. The van der Waals surface area contributed by atoms with Crippen molar-refractivity contribution < 1.29 is 14.3 Å². The van der Waals surface area contributed by atoms with Crippen LogP contribution in [0.15, 0.2) is 72.8 Å². The van der Waals surface area contributed by atoms with E-state index < -0.39 is 0 Å². The summed E-state index contributed by atoms with van der Waals surface area (Å²) in [6.07, 6.45) is 2.33. The van der Waals surface area contributed by atoms with Gasteiger partial charge in [0.05, 0.1) is 10.9 Å². The normalized spacial score (nSPS) is 15.2. The van der Waals surface area contributed by atoms with Crippen LogP contribution in [0.4, 0.5) is 4.79 Å². The standard InChI is InChI=1S/C26H28N2O3S/c1-19-12-13-24(32-19)25(29)27-23(21-8-4-2-5-9-21)18-20-14-16-28(17-15-20)26(30)31-22-10-6-3-7-11-22/h2-13,20,23H,14-18H2,1H3,(H,27,29). The number of carbonyl (C=O) groups is 2. The topological polar surface area (TPSA) is 58.6 Å². The second-order valence-corrected chi connectivity index (χ2v) is 9.48. The van der Waals surface area contributed by atoms with Gasteiger partial charge in [0, 0.05) is 18.0 Å². The smallest absolute Gasteiger partial charge is 0.410 e. The zero-order valence-electron chi connectivity index (χ0n) is 18.2. The maximum atomic E-state index is 12.8. The number of piperidine rings is 1. The lowest BCUT2D eigenvalue weighted by atomic mass is 9.87. The van der Waals surface area contributed by atoms with E-state index in [9.17, 15) is 9.59 Å². The number of carbonyl (C=O) groups excluding carboxylic acids is 2. The molecule has 2 aromatic carbocycles. The number of amides is 2. The van der Waals surface area contributed by atoms with Gasteiger partial charge in [-0.3, -0.25) is 4.79 Å². The van der Waals surface area contributed by atoms with E-state index in [-0.39, 0.29) is 18.0 Å². The van der Waals surface area contributed by atoms with Crippen molar-refractivity contribution in [3.8, 4) is 5.75 Å². The predicted molar refractivity (Wildman–Crippen MR) is 127 cm³/mol. The molecule has 5 nitrogen and oxygen atoms in total. The maximum Gasteiger partial charge on any atom is 0.415 e. The number of likely N-dealkylation sites (tertiary alicyclic amines) is 1. The molecule has 1 saturated heterocycles. The van der Waals surface area contributed by atoms with Crippen LogP contribution in [0.2, 0.25) is 0 Å². The van der Waals surface area contributed by atoms with E-state index in [1.54, 1.807) is 17.0 Å². The summed E-state index contributed by atoms with van der Waals surface area (Å²) < 4.78 is 5.47. The Morgan fingerprint density at radius 2 is 1.66 bits per heavy atom. The number of nitrogens with zero attached hydrogens (tertiary/aromatic N) is 1. The molecule has 0 aliphatic carbocycles. The maximum absolute atomic E-state index is 12.8. The summed E-state index contributed by atoms with van der Waals surface area (Å²) in [5.41, 5.74) is 1.11. The Morgan fingerprint density at radius 3 is 2.28 bits per heavy atom. The van der Waals surface area contributed by atoms with Gasteiger partial charge in [-0.1, -0.05) is 48.5 Å². The number of hydrogen-bond acceptors (Lipinski definition) is 4. The van der Waals surface area contributed by atoms with Gasteiger partial charge < -0.3 is 15.0 Å². The van der Waals surface area contributed by atoms with Gasteiger partial charge in [0.2, 0.25) is 0 Å². The quantitative estimate of drug-likeness (QED) is 0.516. The SMILES string of the molecule is Cc1ccc(C(=O)NC(CC2CCN(C(=O)Oc3ccccc3)CC2)c2ccccc2)s1. The van der Waals surface area contributed by atoms with Crippen LogP contribution in [0.25, 0.3) is 0 Å². The van der Waals surface area contributed by atoms with E-state index in [0.717, 1.165) is 34.6 Å². The van der Waals surface area contributed by atoms with E-state index in [2.05, 4.69) is 17.4 Å². The summed E-state index contributed by atoms with van der Waals surface area (Å²) >= 11 is 1.51. The number of hydrogen-bond donors (Lipinski definition) is 1. The van der Waals surface area contributed by atoms with Crippen molar-refractivity contribution in [3.05, 3.63) is 88.1 Å². The fourth-order valence-electron chi connectivity index (χ4n) is 4.09. The third kappa shape index (κ3) is 5.77. The number of ether oxygens (including phenoxy) is 1. The fourth-order valence-corrected chi connectivity index (χ4v) is 4.86. The minimum absolute atomic E-state index is 0.0270. The number of nitrogens with one attached hydrogen (secondary N) is 1. The van der Waals surface area contributed by atoms with Crippen LogP contribution < -0.4 is 10.1 Å². The van der Waals surface area contributed by atoms with Gasteiger partial charge in [-0.2, -0.15) is 0 Å². The minimum atomic E-state index is -0.296. The third-order valence-corrected chi connectivity index (χ3v) is 6.86. The largest absolute Gasteiger partial charge is 0.415 e. The van der Waals surface area contributed by atoms with Gasteiger partial charge >= 0.3 is 6.09 Å². The second kappa shape index (κ2) is 10.5. The zero-order valence-corrected chi connectivity index (χ0v) is 19.0. The number of aryl methyl sites for hydroxylation is 1. The van der Waals surface area contributed by atoms with Gasteiger partial charge in [-0.15, -0.1) is 11.3 Å². The monoisotopic (exact) mass is 448 g/mol. The molecule has 1 fully saturated rings. The zero-order chi connectivity index (χ0) is 22.3. The molecule has 0 bridgehead atoms. The van der Waals surface area contributed by atoms with Crippen LogP contribution in [0.3, 0.4) is 0 Å². The average molecular weight is 449 g/mol. The molecule has 2 heterocycles. The number of thiophene rings is 1. The van der Waals surface area contributed by atoms with Crippen molar-refractivity contribution in [2.75, 3.05) is 13.1 Å². The Hall–Kier alpha value is -3.12. The molecule has 6 heteroatoms. The van der Waals surface area contributed by atoms with Crippen LogP contribution in [0.5, 0.6) is 5.75 Å². The van der Waals surface area contributed by atoms with E-state index in [1.807, 2.05) is 55.5 Å². The van der Waals surface area contributed by atoms with Crippen molar-refractivity contribution in [1.29, 1.82) is 0 Å². The summed E-state index contributed by atoms with van der Waals surface area (Å²) in [7, 11) is 0. The molecule has 1 N–H and O–H groups in total. The van der Waals surface area contributed by atoms with Gasteiger partial charge in [0.15, 0.2) is 0 Å². The first kappa shape index (κ1) is 22.1. The van der Waals surface area contributed by atoms with Gasteiger partial charge in [0.1, 0.15) is 5.75 Å². The van der Waals surface area contributed by atoms with Crippen LogP contribution in [0.1, 0.15) is 45.4 Å². The molecule has 1 aromatic heterocycles. The lowest BCUT2D eigenvalue weighted by Gasteiger charge is -2.33. The first-order valence-electron chi connectivity index (χ1n) is 11.0.